The van der Waals surface area contributed by atoms with Crippen LogP contribution in [0.2, 0.25) is 0 Å². The van der Waals surface area contributed by atoms with E-state index in [2.05, 4.69) is 46.8 Å². The average molecular weight is 580 g/mol. The summed E-state index contributed by atoms with van der Waals surface area (Å²) in [5.74, 6) is -1.77. The van der Waals surface area contributed by atoms with E-state index in [0.29, 0.717) is 13.1 Å². The Bertz CT molecular complexity index is 1250. The maximum atomic E-state index is 14.8. The van der Waals surface area contributed by atoms with Crippen LogP contribution in [0.15, 0.2) is 54.6 Å². The van der Waals surface area contributed by atoms with Crippen molar-refractivity contribution >= 4 is 35.2 Å². The van der Waals surface area contributed by atoms with Crippen LogP contribution in [0.25, 0.3) is 0 Å². The Kier molecular flexibility index (Phi) is 7.73. The number of likely N-dealkylation sites (tertiary alicyclic amines) is 1. The van der Waals surface area contributed by atoms with Gasteiger partial charge in [0.05, 0.1) is 29.2 Å². The zero-order valence-corrected chi connectivity index (χ0v) is 26.2. The van der Waals surface area contributed by atoms with Crippen molar-refractivity contribution < 1.29 is 19.5 Å². The summed E-state index contributed by atoms with van der Waals surface area (Å²) in [6.07, 6.45) is 8.97. The van der Waals surface area contributed by atoms with Crippen LogP contribution >= 0.6 is 11.8 Å². The second kappa shape index (κ2) is 10.6. The molecule has 6 atom stereocenters. The molecular weight excluding hydrogens is 534 g/mol. The molecule has 2 fully saturated rings. The molecule has 1 aromatic carbocycles. The molecule has 7 nitrogen and oxygen atoms in total. The Labute approximate surface area is 249 Å². The van der Waals surface area contributed by atoms with Crippen molar-refractivity contribution in [2.75, 3.05) is 24.6 Å². The normalized spacial score (nSPS) is 30.9. The van der Waals surface area contributed by atoms with E-state index in [4.69, 9.17) is 0 Å². The molecule has 1 spiro atoms. The van der Waals surface area contributed by atoms with Gasteiger partial charge in [-0.25, -0.2) is 0 Å². The summed E-state index contributed by atoms with van der Waals surface area (Å²) in [5.41, 5.74) is 0.327. The maximum Gasteiger partial charge on any atom is 0.247 e. The second-order valence-electron chi connectivity index (χ2n) is 14.2. The summed E-state index contributed by atoms with van der Waals surface area (Å²) in [6.45, 7) is 15.3. The zero-order chi connectivity index (χ0) is 29.9. The predicted molar refractivity (Wildman–Crippen MR) is 164 cm³/mol. The lowest BCUT2D eigenvalue weighted by atomic mass is 9.77. The Morgan fingerprint density at radius 2 is 1.66 bits per heavy atom. The summed E-state index contributed by atoms with van der Waals surface area (Å²) < 4.78 is -0.905. The summed E-state index contributed by atoms with van der Waals surface area (Å²) in [6, 6.07) is 8.24. The van der Waals surface area contributed by atoms with Gasteiger partial charge in [-0.3, -0.25) is 14.4 Å². The number of amides is 3. The van der Waals surface area contributed by atoms with Crippen molar-refractivity contribution in [2.24, 2.45) is 23.2 Å². The highest BCUT2D eigenvalue weighted by atomic mass is 32.2. The largest absolute Gasteiger partial charge is 0.394 e. The van der Waals surface area contributed by atoms with Gasteiger partial charge in [-0.15, -0.1) is 11.8 Å². The van der Waals surface area contributed by atoms with Crippen LogP contribution in [0.3, 0.4) is 0 Å². The number of fused-ring (bicyclic) bond motifs is 2. The van der Waals surface area contributed by atoms with Gasteiger partial charge in [0.2, 0.25) is 17.7 Å². The fourth-order valence-corrected chi connectivity index (χ4v) is 9.82. The molecule has 2 saturated heterocycles. The minimum atomic E-state index is -0.905. The SMILES string of the molecule is CC(C)[C@H](CO)N1C(=O)[C@@H]2[C@@H]3C(=O)N(c4ccccc4)CC=C[C@@H]3S[C@@]23C=CCN(C(C)(C)CC(C)(C)C)C(=O)C13. The first-order valence-electron chi connectivity index (χ1n) is 14.9. The monoisotopic (exact) mass is 579 g/mol. The van der Waals surface area contributed by atoms with E-state index < -0.39 is 34.2 Å². The number of carbonyl (C=O) groups excluding carboxylic acids is 3. The predicted octanol–water partition coefficient (Wildman–Crippen LogP) is 4.52. The van der Waals surface area contributed by atoms with Crippen LogP contribution in [0.1, 0.15) is 54.9 Å². The number of hydrogen-bond acceptors (Lipinski definition) is 5. The molecular formula is C33H45N3O4S. The van der Waals surface area contributed by atoms with Gasteiger partial charge < -0.3 is 19.8 Å². The van der Waals surface area contributed by atoms with Gasteiger partial charge in [0.25, 0.3) is 0 Å². The number of aliphatic hydroxyl groups is 1. The molecule has 1 aromatic rings. The van der Waals surface area contributed by atoms with E-state index in [9.17, 15) is 19.5 Å². The molecule has 4 heterocycles. The van der Waals surface area contributed by atoms with Crippen LogP contribution in [0.5, 0.6) is 0 Å². The number of para-hydroxylation sites is 1. The summed E-state index contributed by atoms with van der Waals surface area (Å²) >= 11 is 1.59. The number of nitrogens with zero attached hydrogens (tertiary/aromatic N) is 3. The van der Waals surface area contributed by atoms with Crippen LogP contribution in [-0.4, -0.2) is 79.9 Å². The molecule has 0 bridgehead atoms. The van der Waals surface area contributed by atoms with E-state index in [0.717, 1.165) is 12.1 Å². The number of benzene rings is 1. The van der Waals surface area contributed by atoms with Gasteiger partial charge in [0, 0.05) is 29.6 Å². The van der Waals surface area contributed by atoms with E-state index >= 15 is 0 Å². The van der Waals surface area contributed by atoms with Crippen LogP contribution in [0.4, 0.5) is 5.69 Å². The Hall–Kier alpha value is -2.58. The number of rotatable bonds is 6. The molecule has 0 aliphatic carbocycles. The Morgan fingerprint density at radius 3 is 2.27 bits per heavy atom. The van der Waals surface area contributed by atoms with E-state index in [1.807, 2.05) is 61.2 Å². The van der Waals surface area contributed by atoms with Crippen molar-refractivity contribution in [3.63, 3.8) is 0 Å². The van der Waals surface area contributed by atoms with Gasteiger partial charge in [0.15, 0.2) is 0 Å². The number of anilines is 1. The minimum absolute atomic E-state index is 0.00974. The average Bonchev–Trinajstić information content (AvgIpc) is 3.18. The smallest absolute Gasteiger partial charge is 0.247 e. The highest BCUT2D eigenvalue weighted by molar-refractivity contribution is 8.02. The van der Waals surface area contributed by atoms with Gasteiger partial charge in [0.1, 0.15) is 6.04 Å². The molecule has 1 unspecified atom stereocenters. The molecule has 3 amide bonds. The fraction of sp³-hybridized carbons (Fsp3) is 0.606. The van der Waals surface area contributed by atoms with Gasteiger partial charge in [-0.05, 0) is 43.7 Å². The third kappa shape index (κ3) is 4.95. The second-order valence-corrected chi connectivity index (χ2v) is 15.7. The third-order valence-electron chi connectivity index (χ3n) is 9.17. The van der Waals surface area contributed by atoms with Crippen molar-refractivity contribution in [2.45, 2.75) is 82.5 Å². The highest BCUT2D eigenvalue weighted by Gasteiger charge is 2.72. The zero-order valence-electron chi connectivity index (χ0n) is 25.4. The van der Waals surface area contributed by atoms with Crippen LogP contribution < -0.4 is 4.90 Å². The molecule has 4 aliphatic heterocycles. The first-order chi connectivity index (χ1) is 19.2. The standard InChI is InChI=1S/C33H45N3O4S/c1-21(2)23(19-37)36-27-30(40)35(32(6,7)20-31(3,4)5)18-12-16-33(27)26(29(36)39)25-24(41-33)15-11-17-34(28(25)38)22-13-9-8-10-14-22/h8-16,21,23-27,37H,17-20H2,1-7H3/t23-,24-,25+,26-,27?,33-/m0/s1. The molecule has 5 rings (SSSR count). The number of thioether (sulfide) groups is 1. The molecule has 8 heteroatoms. The first-order valence-corrected chi connectivity index (χ1v) is 15.7. The van der Waals surface area contributed by atoms with E-state index in [-0.39, 0.29) is 40.9 Å². The topological polar surface area (TPSA) is 81.2 Å². The van der Waals surface area contributed by atoms with Crippen LogP contribution in [0, 0.1) is 23.2 Å². The van der Waals surface area contributed by atoms with Crippen molar-refractivity contribution in [1.82, 2.24) is 9.80 Å². The molecule has 0 saturated carbocycles. The fourth-order valence-electron chi connectivity index (χ4n) is 7.83. The molecule has 1 N–H and O–H groups in total. The third-order valence-corrected chi connectivity index (χ3v) is 10.9. The van der Waals surface area contributed by atoms with Crippen molar-refractivity contribution in [3.05, 3.63) is 54.6 Å². The maximum absolute atomic E-state index is 14.8. The highest BCUT2D eigenvalue weighted by Crippen LogP contribution is 2.62. The lowest BCUT2D eigenvalue weighted by Gasteiger charge is -2.45. The summed E-state index contributed by atoms with van der Waals surface area (Å²) in [4.78, 5) is 49.2. The first kappa shape index (κ1) is 29.9. The lowest BCUT2D eigenvalue weighted by molar-refractivity contribution is -0.149. The van der Waals surface area contributed by atoms with Gasteiger partial charge in [-0.1, -0.05) is 77.1 Å². The molecule has 0 radical (unpaired) electrons. The molecule has 4 aliphatic rings. The van der Waals surface area contributed by atoms with Gasteiger partial charge in [-0.2, -0.15) is 0 Å². The Balaban J connectivity index is 1.63. The summed E-state index contributed by atoms with van der Waals surface area (Å²) in [5, 5.41) is 10.3. The molecule has 0 aromatic heterocycles. The number of hydrogen-bond donors (Lipinski definition) is 1. The van der Waals surface area contributed by atoms with Gasteiger partial charge >= 0.3 is 0 Å². The lowest BCUT2D eigenvalue weighted by Crippen LogP contribution is -2.61. The van der Waals surface area contributed by atoms with Crippen LogP contribution in [-0.2, 0) is 14.4 Å². The number of aliphatic hydroxyl groups excluding tert-OH is 1. The van der Waals surface area contributed by atoms with E-state index in [1.54, 1.807) is 21.6 Å². The summed E-state index contributed by atoms with van der Waals surface area (Å²) in [7, 11) is 0. The van der Waals surface area contributed by atoms with E-state index in [1.165, 1.54) is 0 Å². The minimum Gasteiger partial charge on any atom is -0.394 e. The Morgan fingerprint density at radius 1 is 0.976 bits per heavy atom. The molecule has 41 heavy (non-hydrogen) atoms. The quantitative estimate of drug-likeness (QED) is 0.502. The van der Waals surface area contributed by atoms with Crippen molar-refractivity contribution in [3.8, 4) is 0 Å². The number of carbonyl (C=O) groups is 3. The van der Waals surface area contributed by atoms with Crippen molar-refractivity contribution in [1.29, 1.82) is 0 Å². The molecule has 222 valence electrons.